The smallest absolute Gasteiger partial charge is 0.352 e. The van der Waals surface area contributed by atoms with Crippen LogP contribution in [-0.4, -0.2) is 36.9 Å². The Morgan fingerprint density at radius 2 is 2.19 bits per heavy atom. The fourth-order valence-corrected chi connectivity index (χ4v) is 3.08. The summed E-state index contributed by atoms with van der Waals surface area (Å²) in [5.74, 6) is -0.860. The van der Waals surface area contributed by atoms with Crippen molar-refractivity contribution in [3.8, 4) is 0 Å². The monoisotopic (exact) mass is 288 g/mol. The molecule has 0 unspecified atom stereocenters. The molecule has 2 aromatic heterocycles. The van der Waals surface area contributed by atoms with Crippen LogP contribution in [0.4, 0.5) is 0 Å². The normalized spacial score (nSPS) is 15.2. The van der Waals surface area contributed by atoms with E-state index in [1.54, 1.807) is 4.57 Å². The second-order valence-electron chi connectivity index (χ2n) is 5.74. The molecule has 6 nitrogen and oxygen atoms in total. The predicted octanol–water partition coefficient (Wildman–Crippen LogP) is 1.32. The summed E-state index contributed by atoms with van der Waals surface area (Å²) in [6.45, 7) is 4.61. The van der Waals surface area contributed by atoms with Gasteiger partial charge in [0.2, 0.25) is 0 Å². The quantitative estimate of drug-likeness (QED) is 0.925. The summed E-state index contributed by atoms with van der Waals surface area (Å²) in [6.07, 6.45) is 2.95. The molecule has 0 radical (unpaired) electrons. The lowest BCUT2D eigenvalue weighted by molar-refractivity contribution is 0.0686. The van der Waals surface area contributed by atoms with Crippen LogP contribution in [0.2, 0.25) is 0 Å². The third kappa shape index (κ3) is 2.47. The lowest BCUT2D eigenvalue weighted by atomic mass is 10.1. The van der Waals surface area contributed by atoms with Gasteiger partial charge < -0.3 is 9.67 Å². The number of rotatable bonds is 3. The number of hydrogen-bond acceptors (Lipinski definition) is 3. The molecule has 3 rings (SSSR count). The van der Waals surface area contributed by atoms with Gasteiger partial charge >= 0.3 is 5.97 Å². The molecule has 0 bridgehead atoms. The third-order valence-electron chi connectivity index (χ3n) is 4.25. The van der Waals surface area contributed by atoms with Gasteiger partial charge in [-0.25, -0.2) is 4.79 Å². The van der Waals surface area contributed by atoms with Gasteiger partial charge in [0, 0.05) is 51.2 Å². The Hall–Kier alpha value is -2.08. The van der Waals surface area contributed by atoms with Crippen molar-refractivity contribution in [3.63, 3.8) is 0 Å². The summed E-state index contributed by atoms with van der Waals surface area (Å²) in [5.41, 5.74) is 4.93. The molecular weight excluding hydrogens is 268 g/mol. The Morgan fingerprint density at radius 3 is 2.81 bits per heavy atom. The first-order valence-corrected chi connectivity index (χ1v) is 7.08. The van der Waals surface area contributed by atoms with E-state index in [-0.39, 0.29) is 0 Å². The van der Waals surface area contributed by atoms with Crippen LogP contribution in [0.15, 0.2) is 12.3 Å². The largest absolute Gasteiger partial charge is 0.477 e. The zero-order valence-corrected chi connectivity index (χ0v) is 12.6. The zero-order valence-electron chi connectivity index (χ0n) is 12.6. The maximum atomic E-state index is 11.2. The zero-order chi connectivity index (χ0) is 15.1. The van der Waals surface area contributed by atoms with Crippen LogP contribution in [0.3, 0.4) is 0 Å². The maximum absolute atomic E-state index is 11.2. The fraction of sp³-hybridized carbons (Fsp3) is 0.467. The second kappa shape index (κ2) is 5.04. The van der Waals surface area contributed by atoms with Gasteiger partial charge in [-0.1, -0.05) is 0 Å². The Balaban J connectivity index is 1.81. The Kier molecular flexibility index (Phi) is 3.33. The average Bonchev–Trinajstić information content (AvgIpc) is 2.91. The van der Waals surface area contributed by atoms with Crippen LogP contribution >= 0.6 is 0 Å². The number of aromatic nitrogens is 3. The highest BCUT2D eigenvalue weighted by Gasteiger charge is 2.24. The number of hydrogen-bond donors (Lipinski definition) is 1. The molecule has 1 aliphatic rings. The lowest BCUT2D eigenvalue weighted by Gasteiger charge is -2.27. The van der Waals surface area contributed by atoms with Crippen LogP contribution in [0.25, 0.3) is 0 Å². The summed E-state index contributed by atoms with van der Waals surface area (Å²) in [4.78, 5) is 13.6. The molecule has 1 N–H and O–H groups in total. The van der Waals surface area contributed by atoms with Crippen molar-refractivity contribution >= 4 is 5.97 Å². The number of carboxylic acid groups (broad SMARTS) is 1. The Labute approximate surface area is 123 Å². The molecule has 0 saturated carbocycles. The second-order valence-corrected chi connectivity index (χ2v) is 5.74. The number of carbonyl (C=O) groups is 1. The summed E-state index contributed by atoms with van der Waals surface area (Å²) in [7, 11) is 3.77. The molecule has 1 aliphatic heterocycles. The molecule has 0 fully saturated rings. The highest BCUT2D eigenvalue weighted by molar-refractivity contribution is 5.86. The number of carboxylic acids is 1. The van der Waals surface area contributed by atoms with Crippen LogP contribution in [0.5, 0.6) is 0 Å². The first kappa shape index (κ1) is 13.9. The van der Waals surface area contributed by atoms with E-state index in [1.807, 2.05) is 31.8 Å². The molecule has 0 amide bonds. The summed E-state index contributed by atoms with van der Waals surface area (Å²) in [6, 6.07) is 1.81. The van der Waals surface area contributed by atoms with E-state index in [2.05, 4.69) is 16.2 Å². The van der Waals surface area contributed by atoms with Gasteiger partial charge in [0.15, 0.2) is 0 Å². The molecule has 0 atom stereocenters. The van der Waals surface area contributed by atoms with Crippen LogP contribution < -0.4 is 0 Å². The summed E-state index contributed by atoms with van der Waals surface area (Å²) in [5, 5.41) is 13.6. The highest BCUT2D eigenvalue weighted by atomic mass is 16.4. The minimum Gasteiger partial charge on any atom is -0.477 e. The molecule has 0 spiro atoms. The molecule has 0 aromatic carbocycles. The molecule has 21 heavy (non-hydrogen) atoms. The van der Waals surface area contributed by atoms with E-state index in [9.17, 15) is 9.90 Å². The van der Waals surface area contributed by atoms with Crippen molar-refractivity contribution in [2.45, 2.75) is 26.4 Å². The number of fused-ring (bicyclic) bond motifs is 1. The molecule has 2 aromatic rings. The van der Waals surface area contributed by atoms with Crippen LogP contribution in [0.1, 0.15) is 33.0 Å². The Morgan fingerprint density at radius 1 is 1.43 bits per heavy atom. The van der Waals surface area contributed by atoms with Crippen molar-refractivity contribution in [1.82, 2.24) is 19.2 Å². The highest BCUT2D eigenvalue weighted by Crippen LogP contribution is 2.24. The van der Waals surface area contributed by atoms with Crippen LogP contribution in [0, 0.1) is 6.92 Å². The topological polar surface area (TPSA) is 63.3 Å². The van der Waals surface area contributed by atoms with E-state index in [0.29, 0.717) is 5.69 Å². The summed E-state index contributed by atoms with van der Waals surface area (Å²) >= 11 is 0. The SMILES string of the molecule is Cc1nn(C)cc1CN1CCc2cc(C(=O)O)n(C)c2C1. The first-order chi connectivity index (χ1) is 9.95. The van der Waals surface area contributed by atoms with E-state index in [0.717, 1.165) is 43.0 Å². The van der Waals surface area contributed by atoms with Crippen molar-refractivity contribution in [2.24, 2.45) is 14.1 Å². The molecule has 0 saturated heterocycles. The summed E-state index contributed by atoms with van der Waals surface area (Å²) < 4.78 is 3.64. The van der Waals surface area contributed by atoms with Gasteiger partial charge in [-0.3, -0.25) is 9.58 Å². The van der Waals surface area contributed by atoms with Crippen LogP contribution in [-0.2, 0) is 33.6 Å². The van der Waals surface area contributed by atoms with Crippen molar-refractivity contribution in [3.05, 3.63) is 40.5 Å². The molecular formula is C15H20N4O2. The third-order valence-corrected chi connectivity index (χ3v) is 4.25. The first-order valence-electron chi connectivity index (χ1n) is 7.08. The fourth-order valence-electron chi connectivity index (χ4n) is 3.08. The molecule has 0 aliphatic carbocycles. The minimum absolute atomic E-state index is 0.374. The van der Waals surface area contributed by atoms with E-state index in [1.165, 1.54) is 5.56 Å². The number of aryl methyl sites for hydroxylation is 2. The van der Waals surface area contributed by atoms with E-state index in [4.69, 9.17) is 0 Å². The predicted molar refractivity (Wildman–Crippen MR) is 78.1 cm³/mol. The van der Waals surface area contributed by atoms with Gasteiger partial charge in [-0.2, -0.15) is 5.10 Å². The van der Waals surface area contributed by atoms with Crippen molar-refractivity contribution in [1.29, 1.82) is 0 Å². The van der Waals surface area contributed by atoms with Gasteiger partial charge in [-0.05, 0) is 25.0 Å². The number of aromatic carboxylic acids is 1. The molecule has 3 heterocycles. The van der Waals surface area contributed by atoms with Crippen molar-refractivity contribution in [2.75, 3.05) is 6.54 Å². The number of nitrogens with zero attached hydrogens (tertiary/aromatic N) is 4. The molecule has 112 valence electrons. The van der Waals surface area contributed by atoms with Gasteiger partial charge in [0.1, 0.15) is 5.69 Å². The van der Waals surface area contributed by atoms with Crippen molar-refractivity contribution < 1.29 is 9.90 Å². The maximum Gasteiger partial charge on any atom is 0.352 e. The van der Waals surface area contributed by atoms with Gasteiger partial charge in [0.05, 0.1) is 5.69 Å². The minimum atomic E-state index is -0.860. The molecule has 6 heteroatoms. The van der Waals surface area contributed by atoms with Gasteiger partial charge in [-0.15, -0.1) is 0 Å². The lowest BCUT2D eigenvalue weighted by Crippen LogP contribution is -2.31. The van der Waals surface area contributed by atoms with Gasteiger partial charge in [0.25, 0.3) is 0 Å². The van der Waals surface area contributed by atoms with E-state index < -0.39 is 5.97 Å². The van der Waals surface area contributed by atoms with E-state index >= 15 is 0 Å². The average molecular weight is 288 g/mol. The standard InChI is InChI=1S/C15H20N4O2/c1-10-12(7-17(2)16-10)8-19-5-4-11-6-13(15(20)21)18(3)14(11)9-19/h6-7H,4-5,8-9H2,1-3H3,(H,20,21). The Bertz CT molecular complexity index is 699.